The SMILES string of the molecule is CC(C)S(=O)(=O)NCc1cccc2c1cnn2-c1nc2c(c(NCc3cccc(F)c3)n1)COCC2. The number of fused-ring (bicyclic) bond motifs is 2. The molecule has 0 fully saturated rings. The standard InChI is InChI=1S/C25H27FN6O3S/c1-16(2)36(33,34)29-13-18-6-4-8-23-20(18)14-28-32(23)25-30-22-9-10-35-15-21(22)24(31-25)27-12-17-5-3-7-19(26)11-17/h3-8,11,14,16,29H,9-10,12-13,15H2,1-2H3,(H,27,30,31). The Morgan fingerprint density at radius 2 is 1.97 bits per heavy atom. The number of sulfonamides is 1. The van der Waals surface area contributed by atoms with E-state index >= 15 is 0 Å². The normalized spacial score (nSPS) is 13.8. The summed E-state index contributed by atoms with van der Waals surface area (Å²) in [5.41, 5.74) is 4.11. The summed E-state index contributed by atoms with van der Waals surface area (Å²) >= 11 is 0. The molecule has 3 heterocycles. The predicted molar refractivity (Wildman–Crippen MR) is 135 cm³/mol. The number of anilines is 1. The van der Waals surface area contributed by atoms with Gasteiger partial charge in [-0.1, -0.05) is 24.3 Å². The third-order valence-electron chi connectivity index (χ3n) is 6.14. The fourth-order valence-corrected chi connectivity index (χ4v) is 4.75. The highest BCUT2D eigenvalue weighted by atomic mass is 32.2. The first-order valence-corrected chi connectivity index (χ1v) is 13.3. The molecular weight excluding hydrogens is 483 g/mol. The van der Waals surface area contributed by atoms with Crippen LogP contribution in [0.15, 0.2) is 48.7 Å². The molecule has 188 valence electrons. The van der Waals surface area contributed by atoms with E-state index in [0.717, 1.165) is 33.3 Å². The monoisotopic (exact) mass is 510 g/mol. The molecule has 0 amide bonds. The fourth-order valence-electron chi connectivity index (χ4n) is 4.06. The lowest BCUT2D eigenvalue weighted by Gasteiger charge is -2.20. The van der Waals surface area contributed by atoms with Crippen molar-refractivity contribution in [2.24, 2.45) is 0 Å². The van der Waals surface area contributed by atoms with Gasteiger partial charge in [0.25, 0.3) is 5.95 Å². The molecule has 0 spiro atoms. The molecule has 11 heteroatoms. The van der Waals surface area contributed by atoms with Crippen LogP contribution in [-0.4, -0.2) is 40.0 Å². The lowest BCUT2D eigenvalue weighted by atomic mass is 10.1. The Bertz CT molecular complexity index is 1520. The van der Waals surface area contributed by atoms with E-state index in [1.165, 1.54) is 12.1 Å². The van der Waals surface area contributed by atoms with Gasteiger partial charge in [0, 0.05) is 30.5 Å². The van der Waals surface area contributed by atoms with Crippen LogP contribution in [0.2, 0.25) is 0 Å². The Balaban J connectivity index is 1.49. The third kappa shape index (κ3) is 4.95. The second-order valence-electron chi connectivity index (χ2n) is 8.90. The second kappa shape index (κ2) is 9.92. The molecule has 36 heavy (non-hydrogen) atoms. The summed E-state index contributed by atoms with van der Waals surface area (Å²) in [7, 11) is -3.40. The number of benzene rings is 2. The molecule has 0 saturated carbocycles. The van der Waals surface area contributed by atoms with Gasteiger partial charge in [-0.15, -0.1) is 0 Å². The summed E-state index contributed by atoms with van der Waals surface area (Å²) in [6.45, 7) is 4.78. The van der Waals surface area contributed by atoms with Crippen LogP contribution in [0.5, 0.6) is 0 Å². The minimum atomic E-state index is -3.40. The maximum Gasteiger partial charge on any atom is 0.253 e. The van der Waals surface area contributed by atoms with Gasteiger partial charge in [-0.25, -0.2) is 22.5 Å². The predicted octanol–water partition coefficient (Wildman–Crippen LogP) is 3.47. The van der Waals surface area contributed by atoms with E-state index in [9.17, 15) is 12.8 Å². The van der Waals surface area contributed by atoms with Crippen LogP contribution in [0.1, 0.15) is 36.2 Å². The van der Waals surface area contributed by atoms with Crippen molar-refractivity contribution in [2.45, 2.75) is 45.2 Å². The van der Waals surface area contributed by atoms with Crippen molar-refractivity contribution in [2.75, 3.05) is 11.9 Å². The highest BCUT2D eigenvalue weighted by Gasteiger charge is 2.21. The molecule has 2 N–H and O–H groups in total. The maximum atomic E-state index is 13.6. The zero-order valence-corrected chi connectivity index (χ0v) is 20.8. The average Bonchev–Trinajstić information content (AvgIpc) is 3.31. The Morgan fingerprint density at radius 3 is 2.78 bits per heavy atom. The molecule has 2 aromatic heterocycles. The Labute approximate surface area is 208 Å². The van der Waals surface area contributed by atoms with Gasteiger partial charge >= 0.3 is 0 Å². The van der Waals surface area contributed by atoms with Gasteiger partial charge in [-0.2, -0.15) is 14.8 Å². The van der Waals surface area contributed by atoms with E-state index in [4.69, 9.17) is 14.7 Å². The summed E-state index contributed by atoms with van der Waals surface area (Å²) in [4.78, 5) is 9.52. The van der Waals surface area contributed by atoms with Gasteiger partial charge in [0.05, 0.1) is 35.9 Å². The number of hydrogen-bond acceptors (Lipinski definition) is 7. The minimum Gasteiger partial charge on any atom is -0.376 e. The van der Waals surface area contributed by atoms with Crippen LogP contribution < -0.4 is 10.0 Å². The first kappa shape index (κ1) is 24.3. The topological polar surface area (TPSA) is 111 Å². The number of hydrogen-bond donors (Lipinski definition) is 2. The minimum absolute atomic E-state index is 0.159. The fraction of sp³-hybridized carbons (Fsp3) is 0.320. The molecule has 1 aliphatic rings. The summed E-state index contributed by atoms with van der Waals surface area (Å²) in [6.07, 6.45) is 2.33. The quantitative estimate of drug-likeness (QED) is 0.373. The van der Waals surface area contributed by atoms with Crippen molar-refractivity contribution < 1.29 is 17.5 Å². The number of rotatable bonds is 8. The zero-order valence-electron chi connectivity index (χ0n) is 20.0. The molecule has 0 unspecified atom stereocenters. The summed E-state index contributed by atoms with van der Waals surface area (Å²) in [6, 6.07) is 12.0. The number of ether oxygens (including phenoxy) is 1. The van der Waals surface area contributed by atoms with Crippen molar-refractivity contribution in [3.8, 4) is 5.95 Å². The lowest BCUT2D eigenvalue weighted by molar-refractivity contribution is 0.109. The molecule has 0 atom stereocenters. The third-order valence-corrected chi connectivity index (χ3v) is 7.93. The molecule has 2 aromatic carbocycles. The molecular formula is C25H27FN6O3S. The largest absolute Gasteiger partial charge is 0.376 e. The molecule has 5 rings (SSSR count). The summed E-state index contributed by atoms with van der Waals surface area (Å²) in [5, 5.41) is 8.13. The molecule has 9 nitrogen and oxygen atoms in total. The van der Waals surface area contributed by atoms with Gasteiger partial charge in [-0.05, 0) is 43.2 Å². The summed E-state index contributed by atoms with van der Waals surface area (Å²) < 4.78 is 48.0. The van der Waals surface area contributed by atoms with Crippen molar-refractivity contribution in [1.29, 1.82) is 0 Å². The van der Waals surface area contributed by atoms with Gasteiger partial charge < -0.3 is 10.1 Å². The van der Waals surface area contributed by atoms with Crippen LogP contribution in [0.4, 0.5) is 10.2 Å². The van der Waals surface area contributed by atoms with Crippen molar-refractivity contribution >= 4 is 26.7 Å². The number of nitrogens with one attached hydrogen (secondary N) is 2. The van der Waals surface area contributed by atoms with E-state index in [1.807, 2.05) is 24.3 Å². The highest BCUT2D eigenvalue weighted by molar-refractivity contribution is 7.90. The van der Waals surface area contributed by atoms with Crippen LogP contribution in [-0.2, 0) is 40.9 Å². The van der Waals surface area contributed by atoms with E-state index in [1.54, 1.807) is 30.8 Å². The van der Waals surface area contributed by atoms with Crippen molar-refractivity contribution in [1.82, 2.24) is 24.5 Å². The number of halogens is 1. The van der Waals surface area contributed by atoms with E-state index in [2.05, 4.69) is 15.1 Å². The van der Waals surface area contributed by atoms with E-state index in [-0.39, 0.29) is 12.4 Å². The number of aromatic nitrogens is 4. The molecule has 1 aliphatic heterocycles. The average molecular weight is 511 g/mol. The molecule has 0 saturated heterocycles. The summed E-state index contributed by atoms with van der Waals surface area (Å²) in [5.74, 6) is 0.716. The van der Waals surface area contributed by atoms with Gasteiger partial charge in [0.1, 0.15) is 11.6 Å². The number of nitrogens with zero attached hydrogens (tertiary/aromatic N) is 4. The Kier molecular flexibility index (Phi) is 6.69. The van der Waals surface area contributed by atoms with Gasteiger partial charge in [0.2, 0.25) is 10.0 Å². The smallest absolute Gasteiger partial charge is 0.253 e. The van der Waals surface area contributed by atoms with E-state index < -0.39 is 15.3 Å². The highest BCUT2D eigenvalue weighted by Crippen LogP contribution is 2.26. The van der Waals surface area contributed by atoms with Crippen molar-refractivity contribution in [3.05, 3.63) is 76.9 Å². The van der Waals surface area contributed by atoms with Crippen LogP contribution in [0, 0.1) is 5.82 Å². The van der Waals surface area contributed by atoms with Crippen LogP contribution in [0.3, 0.4) is 0 Å². The maximum absolute atomic E-state index is 13.6. The first-order chi connectivity index (χ1) is 17.3. The molecule has 0 bridgehead atoms. The Morgan fingerprint density at radius 1 is 1.14 bits per heavy atom. The Hall–Kier alpha value is -3.41. The molecule has 0 aliphatic carbocycles. The van der Waals surface area contributed by atoms with E-state index in [0.29, 0.717) is 37.9 Å². The molecule has 4 aromatic rings. The van der Waals surface area contributed by atoms with Crippen LogP contribution >= 0.6 is 0 Å². The lowest BCUT2D eigenvalue weighted by Crippen LogP contribution is -2.30. The molecule has 0 radical (unpaired) electrons. The van der Waals surface area contributed by atoms with Gasteiger partial charge in [0.15, 0.2) is 0 Å². The first-order valence-electron chi connectivity index (χ1n) is 11.7. The second-order valence-corrected chi connectivity index (χ2v) is 11.2. The van der Waals surface area contributed by atoms with Gasteiger partial charge in [-0.3, -0.25) is 0 Å². The van der Waals surface area contributed by atoms with Crippen molar-refractivity contribution in [3.63, 3.8) is 0 Å². The van der Waals surface area contributed by atoms with Crippen LogP contribution in [0.25, 0.3) is 16.9 Å². The zero-order chi connectivity index (χ0) is 25.3.